The second-order valence-electron chi connectivity index (χ2n) is 2.79. The number of alkyl halides is 1. The summed E-state index contributed by atoms with van der Waals surface area (Å²) in [6, 6.07) is 3.38. The summed E-state index contributed by atoms with van der Waals surface area (Å²) < 4.78 is 4.87. The second-order valence-corrected chi connectivity index (χ2v) is 4.14. The van der Waals surface area contributed by atoms with E-state index >= 15 is 0 Å². The lowest BCUT2D eigenvalue weighted by Gasteiger charge is -2.07. The zero-order valence-electron chi connectivity index (χ0n) is 8.02. The molecule has 0 aliphatic rings. The first-order chi connectivity index (χ1) is 7.10. The highest BCUT2D eigenvalue weighted by molar-refractivity contribution is 9.08. The predicted molar refractivity (Wildman–Crippen MR) is 65.0 cm³/mol. The predicted octanol–water partition coefficient (Wildman–Crippen LogP) is 4.07. The van der Waals surface area contributed by atoms with Gasteiger partial charge in [0.05, 0.1) is 22.2 Å². The molecule has 0 N–H and O–H groups in total. The van der Waals surface area contributed by atoms with Crippen LogP contribution in [0.3, 0.4) is 0 Å². The molecule has 0 saturated carbocycles. The Hall–Kier alpha value is -0.250. The van der Waals surface area contributed by atoms with Gasteiger partial charge in [-0.3, -0.25) is 0 Å². The van der Waals surface area contributed by atoms with Crippen molar-refractivity contribution in [1.82, 2.24) is 0 Å². The molecule has 0 heterocycles. The molecule has 1 aromatic carbocycles. The lowest BCUT2D eigenvalue weighted by Crippen LogP contribution is -2.06. The first kappa shape index (κ1) is 12.8. The zero-order chi connectivity index (χ0) is 11.4. The molecule has 1 aromatic rings. The molecule has 0 amide bonds. The van der Waals surface area contributed by atoms with E-state index in [4.69, 9.17) is 27.9 Å². The minimum atomic E-state index is -0.452. The number of carbonyl (C=O) groups excluding carboxylic acids is 1. The van der Waals surface area contributed by atoms with Gasteiger partial charge in [-0.1, -0.05) is 39.1 Å². The summed E-state index contributed by atoms with van der Waals surface area (Å²) in [7, 11) is 0. The molecule has 0 spiro atoms. The fourth-order valence-electron chi connectivity index (χ4n) is 1.08. The summed E-state index contributed by atoms with van der Waals surface area (Å²) in [4.78, 5) is 11.5. The maximum Gasteiger partial charge on any atom is 0.339 e. The quantitative estimate of drug-likeness (QED) is 0.621. The summed E-state index contributed by atoms with van der Waals surface area (Å²) in [5.41, 5.74) is 1.19. The van der Waals surface area contributed by atoms with Crippen LogP contribution in [0.15, 0.2) is 12.1 Å². The van der Waals surface area contributed by atoms with Crippen molar-refractivity contribution < 1.29 is 9.53 Å². The third-order valence-corrected chi connectivity index (χ3v) is 3.19. The third-order valence-electron chi connectivity index (χ3n) is 1.74. The molecule has 5 heteroatoms. The van der Waals surface area contributed by atoms with E-state index in [2.05, 4.69) is 15.9 Å². The fraction of sp³-hybridized carbons (Fsp3) is 0.300. The number of hydrogen-bond acceptors (Lipinski definition) is 2. The van der Waals surface area contributed by atoms with Gasteiger partial charge in [0.2, 0.25) is 0 Å². The van der Waals surface area contributed by atoms with Gasteiger partial charge in [0, 0.05) is 5.33 Å². The van der Waals surface area contributed by atoms with Crippen LogP contribution in [0, 0.1) is 0 Å². The lowest BCUT2D eigenvalue weighted by atomic mass is 10.1. The molecule has 0 fully saturated rings. The molecule has 0 atom stereocenters. The first-order valence-electron chi connectivity index (χ1n) is 4.31. The van der Waals surface area contributed by atoms with Crippen LogP contribution in [0.25, 0.3) is 0 Å². The van der Waals surface area contributed by atoms with E-state index in [1.165, 1.54) is 0 Å². The van der Waals surface area contributed by atoms with Gasteiger partial charge in [-0.15, -0.1) is 0 Å². The molecule has 82 valence electrons. The van der Waals surface area contributed by atoms with Crippen LogP contribution >= 0.6 is 39.1 Å². The highest BCUT2D eigenvalue weighted by Crippen LogP contribution is 2.29. The molecule has 1 rings (SSSR count). The van der Waals surface area contributed by atoms with Crippen LogP contribution in [0.5, 0.6) is 0 Å². The van der Waals surface area contributed by atoms with Crippen LogP contribution in [0.1, 0.15) is 22.8 Å². The number of hydrogen-bond donors (Lipinski definition) is 0. The number of benzene rings is 1. The van der Waals surface area contributed by atoms with Gasteiger partial charge in [-0.05, 0) is 24.6 Å². The van der Waals surface area contributed by atoms with Gasteiger partial charge in [-0.25, -0.2) is 4.79 Å². The molecule has 0 unspecified atom stereocenters. The van der Waals surface area contributed by atoms with Gasteiger partial charge < -0.3 is 4.74 Å². The number of rotatable bonds is 3. The van der Waals surface area contributed by atoms with Crippen LogP contribution in [-0.4, -0.2) is 12.6 Å². The molecular weight excluding hydrogens is 303 g/mol. The van der Waals surface area contributed by atoms with Crippen molar-refractivity contribution in [2.45, 2.75) is 12.3 Å². The molecule has 0 saturated heterocycles. The Morgan fingerprint density at radius 3 is 2.67 bits per heavy atom. The van der Waals surface area contributed by atoms with Crippen LogP contribution < -0.4 is 0 Å². The Morgan fingerprint density at radius 1 is 1.47 bits per heavy atom. The molecule has 0 aliphatic heterocycles. The maximum atomic E-state index is 11.5. The summed E-state index contributed by atoms with van der Waals surface area (Å²) in [6.45, 7) is 2.05. The van der Waals surface area contributed by atoms with Crippen molar-refractivity contribution in [3.63, 3.8) is 0 Å². The highest BCUT2D eigenvalue weighted by Gasteiger charge is 2.15. The summed E-state index contributed by atoms with van der Waals surface area (Å²) in [5.74, 6) is -0.452. The zero-order valence-corrected chi connectivity index (χ0v) is 11.1. The molecule has 2 nitrogen and oxygen atoms in total. The first-order valence-corrected chi connectivity index (χ1v) is 6.18. The van der Waals surface area contributed by atoms with E-state index < -0.39 is 5.97 Å². The SMILES string of the molecule is CCOC(=O)c1cc(CBr)cc(Cl)c1Cl. The molecule has 0 aliphatic carbocycles. The largest absolute Gasteiger partial charge is 0.462 e. The Morgan fingerprint density at radius 2 is 2.13 bits per heavy atom. The summed E-state index contributed by atoms with van der Waals surface area (Å²) in [6.07, 6.45) is 0. The van der Waals surface area contributed by atoms with Crippen LogP contribution in [0.2, 0.25) is 10.0 Å². The normalized spacial score (nSPS) is 10.1. The van der Waals surface area contributed by atoms with Crippen molar-refractivity contribution in [3.05, 3.63) is 33.3 Å². The number of carbonyl (C=O) groups is 1. The summed E-state index contributed by atoms with van der Waals surface area (Å²) in [5, 5.41) is 1.20. The molecular formula is C10H9BrCl2O2. The van der Waals surface area contributed by atoms with Crippen LogP contribution in [0.4, 0.5) is 0 Å². The van der Waals surface area contributed by atoms with Crippen molar-refractivity contribution in [2.75, 3.05) is 6.61 Å². The number of esters is 1. The van der Waals surface area contributed by atoms with E-state index in [-0.39, 0.29) is 5.02 Å². The lowest BCUT2D eigenvalue weighted by molar-refractivity contribution is 0.0526. The fourth-order valence-corrected chi connectivity index (χ4v) is 1.83. The van der Waals surface area contributed by atoms with E-state index in [0.29, 0.717) is 22.5 Å². The molecule has 0 radical (unpaired) electrons. The Bertz CT molecular complexity index is 380. The maximum absolute atomic E-state index is 11.5. The molecule has 0 bridgehead atoms. The van der Waals surface area contributed by atoms with E-state index in [0.717, 1.165) is 5.56 Å². The summed E-state index contributed by atoms with van der Waals surface area (Å²) >= 11 is 15.1. The second kappa shape index (κ2) is 5.73. The van der Waals surface area contributed by atoms with E-state index in [9.17, 15) is 4.79 Å². The molecule has 0 aromatic heterocycles. The average molecular weight is 312 g/mol. The third kappa shape index (κ3) is 3.10. The van der Waals surface area contributed by atoms with Gasteiger partial charge in [-0.2, -0.15) is 0 Å². The number of ether oxygens (including phenoxy) is 1. The minimum absolute atomic E-state index is 0.236. The monoisotopic (exact) mass is 310 g/mol. The van der Waals surface area contributed by atoms with E-state index in [1.807, 2.05) is 0 Å². The minimum Gasteiger partial charge on any atom is -0.462 e. The topological polar surface area (TPSA) is 26.3 Å². The average Bonchev–Trinajstić information content (AvgIpc) is 2.22. The highest BCUT2D eigenvalue weighted by atomic mass is 79.9. The molecule has 15 heavy (non-hydrogen) atoms. The van der Waals surface area contributed by atoms with Crippen molar-refractivity contribution >= 4 is 45.1 Å². The van der Waals surface area contributed by atoms with Crippen molar-refractivity contribution in [3.8, 4) is 0 Å². The van der Waals surface area contributed by atoms with Crippen molar-refractivity contribution in [2.24, 2.45) is 0 Å². The van der Waals surface area contributed by atoms with Gasteiger partial charge in [0.15, 0.2) is 0 Å². The Labute approximate surface area is 107 Å². The van der Waals surface area contributed by atoms with Crippen molar-refractivity contribution in [1.29, 1.82) is 0 Å². The standard InChI is InChI=1S/C10H9BrCl2O2/c1-2-15-10(14)7-3-6(5-11)4-8(12)9(7)13/h3-4H,2,5H2,1H3. The van der Waals surface area contributed by atoms with E-state index in [1.54, 1.807) is 19.1 Å². The van der Waals surface area contributed by atoms with Gasteiger partial charge in [0.25, 0.3) is 0 Å². The van der Waals surface area contributed by atoms with Gasteiger partial charge in [0.1, 0.15) is 0 Å². The van der Waals surface area contributed by atoms with Crippen LogP contribution in [-0.2, 0) is 10.1 Å². The smallest absolute Gasteiger partial charge is 0.339 e. The number of halogens is 3. The van der Waals surface area contributed by atoms with Gasteiger partial charge >= 0.3 is 5.97 Å². The Kier molecular flexibility index (Phi) is 4.90. The Balaban J connectivity index is 3.15.